The summed E-state index contributed by atoms with van der Waals surface area (Å²) in [6, 6.07) is 17.1. The van der Waals surface area contributed by atoms with Crippen LogP contribution in [0.15, 0.2) is 54.6 Å². The molecule has 2 atom stereocenters. The van der Waals surface area contributed by atoms with Crippen LogP contribution in [0.4, 0.5) is 4.79 Å². The van der Waals surface area contributed by atoms with E-state index in [1.54, 1.807) is 18.9 Å². The van der Waals surface area contributed by atoms with Crippen LogP contribution < -0.4 is 4.74 Å². The van der Waals surface area contributed by atoms with E-state index in [4.69, 9.17) is 9.47 Å². The molecule has 0 saturated carbocycles. The van der Waals surface area contributed by atoms with Crippen molar-refractivity contribution in [2.45, 2.75) is 44.9 Å². The quantitative estimate of drug-likeness (QED) is 0.753. The fourth-order valence-electron chi connectivity index (χ4n) is 3.64. The number of methoxy groups -OCH3 is 1. The number of likely N-dealkylation sites (tertiary alicyclic amines) is 1. The number of benzene rings is 2. The van der Waals surface area contributed by atoms with E-state index in [0.29, 0.717) is 6.42 Å². The SMILES string of the molecule is COc1ccc([C@H]2CC[C@H](CC(C)=O)N2C(=O)OCc2ccccc2)cc1. The summed E-state index contributed by atoms with van der Waals surface area (Å²) in [6.45, 7) is 1.78. The fourth-order valence-corrected chi connectivity index (χ4v) is 3.64. The highest BCUT2D eigenvalue weighted by Gasteiger charge is 2.39. The van der Waals surface area contributed by atoms with E-state index < -0.39 is 0 Å². The van der Waals surface area contributed by atoms with E-state index in [1.165, 1.54) is 0 Å². The van der Waals surface area contributed by atoms with E-state index in [2.05, 4.69) is 0 Å². The number of carbonyl (C=O) groups is 2. The Balaban J connectivity index is 1.77. The van der Waals surface area contributed by atoms with E-state index in [9.17, 15) is 9.59 Å². The van der Waals surface area contributed by atoms with Crippen molar-refractivity contribution in [3.05, 3.63) is 65.7 Å². The van der Waals surface area contributed by atoms with Gasteiger partial charge < -0.3 is 9.47 Å². The van der Waals surface area contributed by atoms with Crippen molar-refractivity contribution in [3.63, 3.8) is 0 Å². The van der Waals surface area contributed by atoms with Crippen LogP contribution in [0.5, 0.6) is 5.75 Å². The van der Waals surface area contributed by atoms with E-state index in [-0.39, 0.29) is 30.6 Å². The van der Waals surface area contributed by atoms with Crippen molar-refractivity contribution < 1.29 is 19.1 Å². The van der Waals surface area contributed by atoms with Crippen molar-refractivity contribution in [1.29, 1.82) is 0 Å². The largest absolute Gasteiger partial charge is 0.497 e. The first-order valence-electron chi connectivity index (χ1n) is 9.21. The molecule has 0 spiro atoms. The van der Waals surface area contributed by atoms with Gasteiger partial charge in [0.05, 0.1) is 13.2 Å². The average Bonchev–Trinajstić information content (AvgIpc) is 3.10. The molecule has 27 heavy (non-hydrogen) atoms. The molecule has 0 aromatic heterocycles. The molecule has 1 aliphatic heterocycles. The lowest BCUT2D eigenvalue weighted by Gasteiger charge is -2.29. The number of hydrogen-bond donors (Lipinski definition) is 0. The summed E-state index contributed by atoms with van der Waals surface area (Å²) in [4.78, 5) is 26.3. The van der Waals surface area contributed by atoms with Gasteiger partial charge in [0.1, 0.15) is 18.1 Å². The summed E-state index contributed by atoms with van der Waals surface area (Å²) < 4.78 is 10.8. The van der Waals surface area contributed by atoms with Crippen molar-refractivity contribution in [1.82, 2.24) is 4.90 Å². The molecule has 142 valence electrons. The Morgan fingerprint density at radius 3 is 2.37 bits per heavy atom. The Morgan fingerprint density at radius 2 is 1.74 bits per heavy atom. The predicted molar refractivity (Wildman–Crippen MR) is 103 cm³/mol. The summed E-state index contributed by atoms with van der Waals surface area (Å²) in [7, 11) is 1.63. The minimum Gasteiger partial charge on any atom is -0.497 e. The molecule has 5 heteroatoms. The smallest absolute Gasteiger partial charge is 0.410 e. The second kappa shape index (κ2) is 8.71. The van der Waals surface area contributed by atoms with E-state index in [0.717, 1.165) is 29.7 Å². The Kier molecular flexibility index (Phi) is 6.12. The van der Waals surface area contributed by atoms with E-state index >= 15 is 0 Å². The van der Waals surface area contributed by atoms with Gasteiger partial charge in [-0.15, -0.1) is 0 Å². The zero-order chi connectivity index (χ0) is 19.2. The second-order valence-electron chi connectivity index (χ2n) is 6.87. The van der Waals surface area contributed by atoms with Gasteiger partial charge in [-0.05, 0) is 43.0 Å². The van der Waals surface area contributed by atoms with Crippen molar-refractivity contribution in [2.24, 2.45) is 0 Å². The highest BCUT2D eigenvalue weighted by Crippen LogP contribution is 2.38. The summed E-state index contributed by atoms with van der Waals surface area (Å²) in [5, 5.41) is 0. The minimum absolute atomic E-state index is 0.0799. The molecule has 0 radical (unpaired) electrons. The normalized spacial score (nSPS) is 19.0. The summed E-state index contributed by atoms with van der Waals surface area (Å²) in [5.41, 5.74) is 1.97. The third kappa shape index (κ3) is 4.67. The van der Waals surface area contributed by atoms with Gasteiger partial charge in [0.25, 0.3) is 0 Å². The molecule has 1 fully saturated rings. The lowest BCUT2D eigenvalue weighted by molar-refractivity contribution is -0.117. The van der Waals surface area contributed by atoms with Crippen LogP contribution in [0.2, 0.25) is 0 Å². The number of carbonyl (C=O) groups excluding carboxylic acids is 2. The Labute approximate surface area is 159 Å². The van der Waals surface area contributed by atoms with Gasteiger partial charge in [-0.1, -0.05) is 42.5 Å². The molecule has 2 aromatic carbocycles. The molecule has 2 aromatic rings. The molecule has 0 bridgehead atoms. The molecular formula is C22H25NO4. The maximum absolute atomic E-state index is 12.9. The molecule has 0 N–H and O–H groups in total. The number of ketones is 1. The monoisotopic (exact) mass is 367 g/mol. The van der Waals surface area contributed by atoms with Gasteiger partial charge in [0.15, 0.2) is 0 Å². The third-order valence-corrected chi connectivity index (χ3v) is 4.94. The first kappa shape index (κ1) is 19.0. The van der Waals surface area contributed by atoms with Crippen LogP contribution in [0, 0.1) is 0 Å². The van der Waals surface area contributed by atoms with Gasteiger partial charge >= 0.3 is 6.09 Å². The zero-order valence-corrected chi connectivity index (χ0v) is 15.8. The maximum atomic E-state index is 12.9. The first-order valence-corrected chi connectivity index (χ1v) is 9.21. The fraction of sp³-hybridized carbons (Fsp3) is 0.364. The molecule has 5 nitrogen and oxygen atoms in total. The number of rotatable bonds is 6. The van der Waals surface area contributed by atoms with E-state index in [1.807, 2.05) is 54.6 Å². The minimum atomic E-state index is -0.372. The lowest BCUT2D eigenvalue weighted by atomic mass is 10.0. The molecular weight excluding hydrogens is 342 g/mol. The zero-order valence-electron chi connectivity index (χ0n) is 15.8. The van der Waals surface area contributed by atoms with Gasteiger partial charge in [-0.25, -0.2) is 4.79 Å². The second-order valence-corrected chi connectivity index (χ2v) is 6.87. The van der Waals surface area contributed by atoms with Crippen LogP contribution in [-0.2, 0) is 16.1 Å². The highest BCUT2D eigenvalue weighted by molar-refractivity contribution is 5.77. The number of ether oxygens (including phenoxy) is 2. The molecule has 1 heterocycles. The molecule has 1 aliphatic rings. The Bertz CT molecular complexity index is 773. The third-order valence-electron chi connectivity index (χ3n) is 4.94. The van der Waals surface area contributed by atoms with Gasteiger partial charge in [0, 0.05) is 12.5 Å². The number of nitrogens with zero attached hydrogens (tertiary/aromatic N) is 1. The molecule has 3 rings (SSSR count). The first-order chi connectivity index (χ1) is 13.1. The summed E-state index contributed by atoms with van der Waals surface area (Å²) in [6.07, 6.45) is 1.58. The van der Waals surface area contributed by atoms with Crippen molar-refractivity contribution in [2.75, 3.05) is 7.11 Å². The van der Waals surface area contributed by atoms with Gasteiger partial charge in [-0.3, -0.25) is 9.69 Å². The number of hydrogen-bond acceptors (Lipinski definition) is 4. The lowest BCUT2D eigenvalue weighted by Crippen LogP contribution is -2.38. The van der Waals surface area contributed by atoms with Crippen molar-refractivity contribution >= 4 is 11.9 Å². The number of amides is 1. The molecule has 1 amide bonds. The van der Waals surface area contributed by atoms with Crippen LogP contribution in [-0.4, -0.2) is 29.9 Å². The van der Waals surface area contributed by atoms with Crippen LogP contribution >= 0.6 is 0 Å². The topological polar surface area (TPSA) is 55.8 Å². The summed E-state index contributed by atoms with van der Waals surface area (Å²) in [5.74, 6) is 0.853. The highest BCUT2D eigenvalue weighted by atomic mass is 16.6. The standard InChI is InChI=1S/C22H25NO4/c1-16(24)14-19-10-13-21(18-8-11-20(26-2)12-9-18)23(19)22(25)27-15-17-6-4-3-5-7-17/h3-9,11-12,19,21H,10,13-15H2,1-2H3/t19-,21-/m1/s1. The Hall–Kier alpha value is -2.82. The average molecular weight is 367 g/mol. The maximum Gasteiger partial charge on any atom is 0.410 e. The summed E-state index contributed by atoms with van der Waals surface area (Å²) >= 11 is 0. The Morgan fingerprint density at radius 1 is 1.04 bits per heavy atom. The van der Waals surface area contributed by atoms with Crippen molar-refractivity contribution in [3.8, 4) is 5.75 Å². The molecule has 0 unspecified atom stereocenters. The van der Waals surface area contributed by atoms with Crippen LogP contribution in [0.3, 0.4) is 0 Å². The van der Waals surface area contributed by atoms with Gasteiger partial charge in [0.2, 0.25) is 0 Å². The molecule has 1 saturated heterocycles. The van der Waals surface area contributed by atoms with Crippen LogP contribution in [0.1, 0.15) is 43.4 Å². The van der Waals surface area contributed by atoms with Gasteiger partial charge in [-0.2, -0.15) is 0 Å². The van der Waals surface area contributed by atoms with Crippen LogP contribution in [0.25, 0.3) is 0 Å². The number of Topliss-reactive ketones (excluding diaryl/α,β-unsaturated/α-hetero) is 1. The predicted octanol–water partition coefficient (Wildman–Crippen LogP) is 4.52. The molecule has 0 aliphatic carbocycles.